The van der Waals surface area contributed by atoms with Crippen molar-refractivity contribution in [2.45, 2.75) is 12.7 Å². The molecule has 0 bridgehead atoms. The highest BCUT2D eigenvalue weighted by atomic mass is 35.5. The van der Waals surface area contributed by atoms with Crippen LogP contribution in [-0.4, -0.2) is 40.6 Å². The molecule has 0 radical (unpaired) electrons. The van der Waals surface area contributed by atoms with Crippen LogP contribution in [0.5, 0.6) is 0 Å². The number of halogens is 5. The lowest BCUT2D eigenvalue weighted by Crippen LogP contribution is -2.50. The van der Waals surface area contributed by atoms with Gasteiger partial charge in [0.05, 0.1) is 24.0 Å². The number of hydrogen-bond donors (Lipinski definition) is 1. The van der Waals surface area contributed by atoms with Gasteiger partial charge in [-0.1, -0.05) is 29.3 Å². The number of carbonyl (C=O) groups excluding carboxylic acids is 1. The maximum absolute atomic E-state index is 13.2. The zero-order valence-electron chi connectivity index (χ0n) is 13.7. The average molecular weight is 421 g/mol. The summed E-state index contributed by atoms with van der Waals surface area (Å²) < 4.78 is 39.7. The number of nitrogens with zero attached hydrogens (tertiary/aromatic N) is 3. The van der Waals surface area contributed by atoms with Crippen molar-refractivity contribution in [3.05, 3.63) is 55.9 Å². The lowest BCUT2D eigenvalue weighted by molar-refractivity contribution is -0.140. The smallest absolute Gasteiger partial charge is 0.358 e. The number of carbonyl (C=O) groups is 1. The van der Waals surface area contributed by atoms with Gasteiger partial charge in [0.25, 0.3) is 5.56 Å². The molecule has 0 atom stereocenters. The topological polar surface area (TPSA) is 69.3 Å². The van der Waals surface area contributed by atoms with E-state index < -0.39 is 17.3 Å². The van der Waals surface area contributed by atoms with Crippen LogP contribution in [0, 0.1) is 0 Å². The molecular weight excluding hydrogens is 408 g/mol. The number of hydrogen-bond acceptors (Lipinski definition) is 4. The highest BCUT2D eigenvalue weighted by Crippen LogP contribution is 2.34. The Kier molecular flexibility index (Phi) is 5.34. The van der Waals surface area contributed by atoms with Crippen LogP contribution in [0.15, 0.2) is 29.2 Å². The maximum Gasteiger partial charge on any atom is 0.416 e. The highest BCUT2D eigenvalue weighted by Gasteiger charge is 2.35. The van der Waals surface area contributed by atoms with Gasteiger partial charge in [0.1, 0.15) is 5.02 Å². The van der Waals surface area contributed by atoms with Gasteiger partial charge < -0.3 is 9.80 Å². The summed E-state index contributed by atoms with van der Waals surface area (Å²) in [7, 11) is 0. The molecule has 11 heteroatoms. The monoisotopic (exact) mass is 420 g/mol. The quantitative estimate of drug-likeness (QED) is 0.828. The predicted octanol–water partition coefficient (Wildman–Crippen LogP) is 2.94. The minimum Gasteiger partial charge on any atom is -0.358 e. The van der Waals surface area contributed by atoms with Crippen LogP contribution in [-0.2, 0) is 17.5 Å². The molecule has 1 N–H and O–H groups in total. The number of alkyl halides is 3. The van der Waals surface area contributed by atoms with Gasteiger partial charge >= 0.3 is 6.18 Å². The van der Waals surface area contributed by atoms with E-state index >= 15 is 0 Å². The van der Waals surface area contributed by atoms with E-state index in [2.05, 4.69) is 10.2 Å². The van der Waals surface area contributed by atoms with Crippen molar-refractivity contribution in [1.82, 2.24) is 15.1 Å². The van der Waals surface area contributed by atoms with Crippen LogP contribution >= 0.6 is 23.2 Å². The maximum atomic E-state index is 13.2. The second-order valence-electron chi connectivity index (χ2n) is 5.93. The molecule has 1 saturated heterocycles. The standard InChI is InChI=1S/C16H13Cl2F3N4O2/c17-10-2-1-9(11(5-10)16(19,20)21)7-25-4-3-24(8-13(25)26)12-6-22-23-15(27)14(12)18/h1-2,5-6H,3-4,7-8H2,(H,23,27). The van der Waals surface area contributed by atoms with Crippen LogP contribution < -0.4 is 10.5 Å². The summed E-state index contributed by atoms with van der Waals surface area (Å²) in [4.78, 5) is 26.9. The average Bonchev–Trinajstić information content (AvgIpc) is 2.59. The van der Waals surface area contributed by atoms with Gasteiger partial charge in [0, 0.05) is 24.7 Å². The number of H-pyrrole nitrogens is 1. The third kappa shape index (κ3) is 4.19. The Morgan fingerprint density at radius 3 is 2.59 bits per heavy atom. The zero-order valence-corrected chi connectivity index (χ0v) is 15.2. The summed E-state index contributed by atoms with van der Waals surface area (Å²) in [6.07, 6.45) is -3.25. The molecule has 3 rings (SSSR count). The van der Waals surface area contributed by atoms with E-state index in [1.54, 1.807) is 4.90 Å². The summed E-state index contributed by atoms with van der Waals surface area (Å²) in [5, 5.41) is 5.71. The Morgan fingerprint density at radius 2 is 1.93 bits per heavy atom. The number of piperazine rings is 1. The number of nitrogens with one attached hydrogen (secondary N) is 1. The molecular formula is C16H13Cl2F3N4O2. The molecule has 6 nitrogen and oxygen atoms in total. The van der Waals surface area contributed by atoms with Crippen LogP contribution in [0.25, 0.3) is 0 Å². The molecule has 1 fully saturated rings. The largest absolute Gasteiger partial charge is 0.416 e. The van der Waals surface area contributed by atoms with E-state index in [1.807, 2.05) is 0 Å². The third-order valence-corrected chi connectivity index (χ3v) is 4.78. The van der Waals surface area contributed by atoms with Crippen LogP contribution in [0.3, 0.4) is 0 Å². The van der Waals surface area contributed by atoms with E-state index in [1.165, 1.54) is 23.2 Å². The Hall–Kier alpha value is -2.26. The Balaban J connectivity index is 1.78. The minimum absolute atomic E-state index is 0.0290. The van der Waals surface area contributed by atoms with Crippen LogP contribution in [0.1, 0.15) is 11.1 Å². The fourth-order valence-electron chi connectivity index (χ4n) is 2.83. The van der Waals surface area contributed by atoms with Crippen molar-refractivity contribution >= 4 is 34.8 Å². The van der Waals surface area contributed by atoms with Crippen LogP contribution in [0.2, 0.25) is 10.0 Å². The molecule has 0 spiro atoms. The molecule has 1 aromatic carbocycles. The van der Waals surface area contributed by atoms with Crippen molar-refractivity contribution in [2.75, 3.05) is 24.5 Å². The second kappa shape index (κ2) is 7.40. The lowest BCUT2D eigenvalue weighted by atomic mass is 10.1. The molecule has 0 unspecified atom stereocenters. The first-order valence-corrected chi connectivity index (χ1v) is 8.54. The van der Waals surface area contributed by atoms with E-state index in [4.69, 9.17) is 23.2 Å². The number of benzene rings is 1. The fraction of sp³-hybridized carbons (Fsp3) is 0.312. The summed E-state index contributed by atoms with van der Waals surface area (Å²) in [5.41, 5.74) is -1.19. The lowest BCUT2D eigenvalue weighted by Gasteiger charge is -2.36. The number of aromatic amines is 1. The van der Waals surface area contributed by atoms with E-state index in [-0.39, 0.29) is 41.2 Å². The Bertz CT molecular complexity index is 933. The first-order valence-electron chi connectivity index (χ1n) is 7.78. The summed E-state index contributed by atoms with van der Waals surface area (Å²) in [6.45, 7) is 0.146. The van der Waals surface area contributed by atoms with Crippen molar-refractivity contribution in [2.24, 2.45) is 0 Å². The molecule has 1 amide bonds. The fourth-order valence-corrected chi connectivity index (χ4v) is 3.21. The van der Waals surface area contributed by atoms with Crippen molar-refractivity contribution in [3.8, 4) is 0 Å². The molecule has 27 heavy (non-hydrogen) atoms. The Morgan fingerprint density at radius 1 is 1.19 bits per heavy atom. The molecule has 1 aromatic heterocycles. The third-order valence-electron chi connectivity index (χ3n) is 4.18. The molecule has 2 heterocycles. The van der Waals surface area contributed by atoms with Crippen molar-refractivity contribution in [3.63, 3.8) is 0 Å². The van der Waals surface area contributed by atoms with Crippen molar-refractivity contribution in [1.29, 1.82) is 0 Å². The molecule has 0 aliphatic carbocycles. The first kappa shape index (κ1) is 19.5. The van der Waals surface area contributed by atoms with E-state index in [0.717, 1.165) is 6.07 Å². The molecule has 0 saturated carbocycles. The zero-order chi connectivity index (χ0) is 19.8. The number of rotatable bonds is 3. The second-order valence-corrected chi connectivity index (χ2v) is 6.75. The molecule has 144 valence electrons. The SMILES string of the molecule is O=C1CN(c2cn[nH]c(=O)c2Cl)CCN1Cc1ccc(Cl)cc1C(F)(F)F. The summed E-state index contributed by atoms with van der Waals surface area (Å²) in [5.74, 6) is -0.388. The number of amides is 1. The van der Waals surface area contributed by atoms with Gasteiger partial charge in [-0.3, -0.25) is 9.59 Å². The van der Waals surface area contributed by atoms with Gasteiger partial charge in [-0.15, -0.1) is 0 Å². The van der Waals surface area contributed by atoms with Crippen molar-refractivity contribution < 1.29 is 18.0 Å². The summed E-state index contributed by atoms with van der Waals surface area (Å²) in [6, 6.07) is 3.47. The highest BCUT2D eigenvalue weighted by molar-refractivity contribution is 6.33. The van der Waals surface area contributed by atoms with E-state index in [9.17, 15) is 22.8 Å². The van der Waals surface area contributed by atoms with Crippen LogP contribution in [0.4, 0.5) is 18.9 Å². The molecule has 2 aromatic rings. The Labute approximate surface area is 161 Å². The molecule has 1 aliphatic heterocycles. The van der Waals surface area contributed by atoms with Gasteiger partial charge in [-0.25, -0.2) is 5.10 Å². The van der Waals surface area contributed by atoms with Gasteiger partial charge in [0.15, 0.2) is 0 Å². The minimum atomic E-state index is -4.57. The summed E-state index contributed by atoms with van der Waals surface area (Å²) >= 11 is 11.6. The predicted molar refractivity (Wildman–Crippen MR) is 94.0 cm³/mol. The van der Waals surface area contributed by atoms with E-state index in [0.29, 0.717) is 12.2 Å². The normalized spacial score (nSPS) is 15.4. The van der Waals surface area contributed by atoms with Gasteiger partial charge in [-0.2, -0.15) is 18.3 Å². The van der Waals surface area contributed by atoms with Gasteiger partial charge in [-0.05, 0) is 17.7 Å². The van der Waals surface area contributed by atoms with Gasteiger partial charge in [0.2, 0.25) is 5.91 Å². The number of aromatic nitrogens is 2. The number of anilines is 1. The first-order chi connectivity index (χ1) is 12.7. The molecule has 1 aliphatic rings.